The largest absolute Gasteiger partial charge is 0.497 e. The molecule has 0 saturated carbocycles. The third kappa shape index (κ3) is 4.62. The van der Waals surface area contributed by atoms with E-state index in [1.54, 1.807) is 26.6 Å². The van der Waals surface area contributed by atoms with Crippen molar-refractivity contribution in [2.24, 2.45) is 0 Å². The summed E-state index contributed by atoms with van der Waals surface area (Å²) in [6.45, 7) is 1.26. The van der Waals surface area contributed by atoms with Gasteiger partial charge in [-0.25, -0.2) is 0 Å². The van der Waals surface area contributed by atoms with Crippen molar-refractivity contribution >= 4 is 5.91 Å². The van der Waals surface area contributed by atoms with E-state index in [2.05, 4.69) is 17.1 Å². The summed E-state index contributed by atoms with van der Waals surface area (Å²) in [5, 5.41) is 4.81. The molecule has 7 nitrogen and oxygen atoms in total. The summed E-state index contributed by atoms with van der Waals surface area (Å²) in [7, 11) is 3.28. The SMILES string of the molecule is COc1ccc([C@H]2CCCN2C(=O)c2cn(Cc3ccccc3)nc2-c2cccnc2)c(OC)c1. The first-order chi connectivity index (χ1) is 17.2. The lowest BCUT2D eigenvalue weighted by Crippen LogP contribution is -2.31. The average Bonchev–Trinajstić information content (AvgIpc) is 3.57. The predicted octanol–water partition coefficient (Wildman–Crippen LogP) is 4.99. The van der Waals surface area contributed by atoms with Gasteiger partial charge in [0.15, 0.2) is 0 Å². The Labute approximate surface area is 204 Å². The lowest BCUT2D eigenvalue weighted by atomic mass is 10.0. The van der Waals surface area contributed by atoms with Crippen molar-refractivity contribution in [3.05, 3.63) is 95.9 Å². The summed E-state index contributed by atoms with van der Waals surface area (Å²) in [5.74, 6) is 1.41. The molecule has 1 aliphatic heterocycles. The summed E-state index contributed by atoms with van der Waals surface area (Å²) in [5.41, 5.74) is 4.15. The number of methoxy groups -OCH3 is 2. The first-order valence-corrected chi connectivity index (χ1v) is 11.7. The number of hydrogen-bond donors (Lipinski definition) is 0. The molecule has 1 amide bonds. The zero-order valence-corrected chi connectivity index (χ0v) is 19.9. The minimum absolute atomic E-state index is 0.0384. The predicted molar refractivity (Wildman–Crippen MR) is 134 cm³/mol. The third-order valence-electron chi connectivity index (χ3n) is 6.43. The molecule has 1 fully saturated rings. The van der Waals surface area contributed by atoms with E-state index in [9.17, 15) is 4.79 Å². The van der Waals surface area contributed by atoms with Crippen LogP contribution < -0.4 is 9.47 Å². The maximum Gasteiger partial charge on any atom is 0.258 e. The van der Waals surface area contributed by atoms with Crippen molar-refractivity contribution < 1.29 is 14.3 Å². The van der Waals surface area contributed by atoms with E-state index in [4.69, 9.17) is 14.6 Å². The average molecular weight is 469 g/mol. The Morgan fingerprint density at radius 1 is 1.06 bits per heavy atom. The van der Waals surface area contributed by atoms with E-state index in [-0.39, 0.29) is 11.9 Å². The van der Waals surface area contributed by atoms with Gasteiger partial charge in [0.1, 0.15) is 17.2 Å². The monoisotopic (exact) mass is 468 g/mol. The van der Waals surface area contributed by atoms with Crippen molar-refractivity contribution in [3.8, 4) is 22.8 Å². The quantitative estimate of drug-likeness (QED) is 0.382. The molecule has 35 heavy (non-hydrogen) atoms. The normalized spacial score (nSPS) is 15.3. The van der Waals surface area contributed by atoms with Crippen LogP contribution in [0.15, 0.2) is 79.3 Å². The Morgan fingerprint density at radius 2 is 1.91 bits per heavy atom. The molecule has 178 valence electrons. The number of rotatable bonds is 7. The van der Waals surface area contributed by atoms with Gasteiger partial charge in [-0.2, -0.15) is 5.10 Å². The molecule has 7 heteroatoms. The van der Waals surface area contributed by atoms with E-state index in [0.29, 0.717) is 24.3 Å². The van der Waals surface area contributed by atoms with Crippen molar-refractivity contribution in [2.75, 3.05) is 20.8 Å². The standard InChI is InChI=1S/C28H28N4O3/c1-34-22-12-13-23(26(16-22)35-2)25-11-7-15-32(25)28(33)24-19-31(18-20-8-4-3-5-9-20)30-27(24)21-10-6-14-29-17-21/h3-6,8-10,12-14,16-17,19,25H,7,11,15,18H2,1-2H3/t25-/m1/s1. The zero-order valence-electron chi connectivity index (χ0n) is 19.9. The number of benzene rings is 2. The number of amides is 1. The summed E-state index contributed by atoms with van der Waals surface area (Å²) < 4.78 is 12.8. The number of ether oxygens (including phenoxy) is 2. The van der Waals surface area contributed by atoms with Gasteiger partial charge < -0.3 is 14.4 Å². The van der Waals surface area contributed by atoms with Crippen LogP contribution in [-0.4, -0.2) is 46.3 Å². The fraction of sp³-hybridized carbons (Fsp3) is 0.250. The summed E-state index contributed by atoms with van der Waals surface area (Å²) >= 11 is 0. The maximum absolute atomic E-state index is 14.0. The van der Waals surface area contributed by atoms with Crippen molar-refractivity contribution in [3.63, 3.8) is 0 Å². The Kier molecular flexibility index (Phi) is 6.48. The van der Waals surface area contributed by atoms with Gasteiger partial charge in [-0.15, -0.1) is 0 Å². The molecule has 0 spiro atoms. The lowest BCUT2D eigenvalue weighted by Gasteiger charge is -2.26. The Bertz CT molecular complexity index is 1300. The fourth-order valence-corrected chi connectivity index (χ4v) is 4.73. The molecular formula is C28H28N4O3. The van der Waals surface area contributed by atoms with Crippen LogP contribution in [0.3, 0.4) is 0 Å². The van der Waals surface area contributed by atoms with Gasteiger partial charge in [0.2, 0.25) is 0 Å². The second kappa shape index (κ2) is 10.0. The maximum atomic E-state index is 14.0. The first-order valence-electron chi connectivity index (χ1n) is 11.7. The minimum Gasteiger partial charge on any atom is -0.497 e. The topological polar surface area (TPSA) is 69.5 Å². The van der Waals surface area contributed by atoms with Crippen LogP contribution >= 0.6 is 0 Å². The van der Waals surface area contributed by atoms with Crippen LogP contribution in [-0.2, 0) is 6.54 Å². The smallest absolute Gasteiger partial charge is 0.258 e. The number of aromatic nitrogens is 3. The number of pyridine rings is 1. The highest BCUT2D eigenvalue weighted by Crippen LogP contribution is 2.40. The molecule has 1 atom stereocenters. The highest BCUT2D eigenvalue weighted by Gasteiger charge is 2.34. The van der Waals surface area contributed by atoms with Gasteiger partial charge in [0, 0.05) is 42.3 Å². The van der Waals surface area contributed by atoms with Crippen LogP contribution in [0.2, 0.25) is 0 Å². The van der Waals surface area contributed by atoms with Crippen LogP contribution in [0.5, 0.6) is 11.5 Å². The van der Waals surface area contributed by atoms with Crippen molar-refractivity contribution in [1.29, 1.82) is 0 Å². The Balaban J connectivity index is 1.51. The van der Waals surface area contributed by atoms with Gasteiger partial charge in [0.05, 0.1) is 32.4 Å². The Hall–Kier alpha value is -4.13. The lowest BCUT2D eigenvalue weighted by molar-refractivity contribution is 0.0735. The fourth-order valence-electron chi connectivity index (χ4n) is 4.73. The molecule has 3 heterocycles. The van der Waals surface area contributed by atoms with E-state index < -0.39 is 0 Å². The van der Waals surface area contributed by atoms with Gasteiger partial charge >= 0.3 is 0 Å². The van der Waals surface area contributed by atoms with Gasteiger partial charge in [0.25, 0.3) is 5.91 Å². The van der Waals surface area contributed by atoms with Crippen molar-refractivity contribution in [1.82, 2.24) is 19.7 Å². The van der Waals surface area contributed by atoms with Crippen LogP contribution in [0.1, 0.15) is 40.4 Å². The number of nitrogens with zero attached hydrogens (tertiary/aromatic N) is 4. The van der Waals surface area contributed by atoms with Crippen LogP contribution in [0.4, 0.5) is 0 Å². The number of carbonyl (C=O) groups excluding carboxylic acids is 1. The van der Waals surface area contributed by atoms with Crippen LogP contribution in [0.25, 0.3) is 11.3 Å². The molecule has 0 radical (unpaired) electrons. The molecule has 0 aliphatic carbocycles. The molecule has 0 N–H and O–H groups in total. The zero-order chi connectivity index (χ0) is 24.2. The van der Waals surface area contributed by atoms with Crippen LogP contribution in [0, 0.1) is 0 Å². The minimum atomic E-state index is -0.0809. The molecule has 1 saturated heterocycles. The molecule has 5 rings (SSSR count). The Morgan fingerprint density at radius 3 is 2.66 bits per heavy atom. The number of carbonyl (C=O) groups is 1. The number of hydrogen-bond acceptors (Lipinski definition) is 5. The van der Waals surface area contributed by atoms with Crippen molar-refractivity contribution in [2.45, 2.75) is 25.4 Å². The highest BCUT2D eigenvalue weighted by molar-refractivity contribution is 6.00. The molecular weight excluding hydrogens is 440 g/mol. The first kappa shape index (κ1) is 22.7. The van der Waals surface area contributed by atoms with E-state index in [1.807, 2.05) is 64.3 Å². The van der Waals surface area contributed by atoms with Gasteiger partial charge in [-0.1, -0.05) is 30.3 Å². The van der Waals surface area contributed by atoms with E-state index >= 15 is 0 Å². The number of likely N-dealkylation sites (tertiary alicyclic amines) is 1. The third-order valence-corrected chi connectivity index (χ3v) is 6.43. The van der Waals surface area contributed by atoms with E-state index in [0.717, 1.165) is 41.0 Å². The second-order valence-electron chi connectivity index (χ2n) is 8.58. The van der Waals surface area contributed by atoms with Gasteiger partial charge in [-0.3, -0.25) is 14.5 Å². The molecule has 2 aromatic carbocycles. The molecule has 1 aliphatic rings. The van der Waals surface area contributed by atoms with E-state index in [1.165, 1.54) is 0 Å². The summed E-state index contributed by atoms with van der Waals surface area (Å²) in [6, 6.07) is 19.6. The second-order valence-corrected chi connectivity index (χ2v) is 8.58. The molecule has 2 aromatic heterocycles. The summed E-state index contributed by atoms with van der Waals surface area (Å²) in [4.78, 5) is 20.2. The van der Waals surface area contributed by atoms with Gasteiger partial charge in [-0.05, 0) is 42.7 Å². The molecule has 0 unspecified atom stereocenters. The molecule has 0 bridgehead atoms. The summed E-state index contributed by atoms with van der Waals surface area (Å²) in [6.07, 6.45) is 7.12. The highest BCUT2D eigenvalue weighted by atomic mass is 16.5. The molecule has 4 aromatic rings.